The average molecular weight is 314 g/mol. The van der Waals surface area contributed by atoms with E-state index in [2.05, 4.69) is 15.5 Å². The molecule has 0 aromatic carbocycles. The smallest absolute Gasteiger partial charge is 0.307 e. The van der Waals surface area contributed by atoms with Crippen LogP contribution in [-0.4, -0.2) is 38.1 Å². The number of nitrogens with one attached hydrogen (secondary N) is 1. The van der Waals surface area contributed by atoms with Crippen LogP contribution < -0.4 is 5.32 Å². The lowest BCUT2D eigenvalue weighted by molar-refractivity contribution is -0.147. The Hall–Kier alpha value is -2.70. The molecule has 1 aliphatic rings. The fourth-order valence-corrected chi connectivity index (χ4v) is 2.87. The third kappa shape index (κ3) is 3.23. The summed E-state index contributed by atoms with van der Waals surface area (Å²) in [6, 6.07) is 5.64. The van der Waals surface area contributed by atoms with E-state index in [-0.39, 0.29) is 5.91 Å². The number of allylic oxidation sites excluding steroid dienone is 2. The lowest BCUT2D eigenvalue weighted by Gasteiger charge is -2.24. The molecule has 0 saturated heterocycles. The number of pyridine rings is 1. The van der Waals surface area contributed by atoms with Crippen LogP contribution in [0.3, 0.4) is 0 Å². The van der Waals surface area contributed by atoms with Crippen LogP contribution in [0.15, 0.2) is 36.5 Å². The number of carbonyl (C=O) groups excluding carboxylic acids is 1. The Balaban J connectivity index is 1.59. The van der Waals surface area contributed by atoms with E-state index >= 15 is 0 Å². The highest BCUT2D eigenvalue weighted by Crippen LogP contribution is 2.25. The van der Waals surface area contributed by atoms with Crippen LogP contribution in [0, 0.1) is 11.8 Å². The first-order valence-corrected chi connectivity index (χ1v) is 7.61. The summed E-state index contributed by atoms with van der Waals surface area (Å²) in [7, 11) is 0. The summed E-state index contributed by atoms with van der Waals surface area (Å²) in [5, 5.41) is 20.2. The van der Waals surface area contributed by atoms with Crippen molar-refractivity contribution in [1.82, 2.24) is 19.9 Å². The van der Waals surface area contributed by atoms with Gasteiger partial charge in [0.05, 0.1) is 11.8 Å². The van der Waals surface area contributed by atoms with E-state index in [4.69, 9.17) is 0 Å². The highest BCUT2D eigenvalue weighted by atomic mass is 16.4. The number of hydrogen-bond donors (Lipinski definition) is 2. The second kappa shape index (κ2) is 6.60. The fourth-order valence-electron chi connectivity index (χ4n) is 2.87. The molecule has 0 aliphatic heterocycles. The first-order valence-electron chi connectivity index (χ1n) is 7.61. The molecular formula is C16H18N4O3. The van der Waals surface area contributed by atoms with Crippen molar-refractivity contribution in [2.75, 3.05) is 6.54 Å². The first-order chi connectivity index (χ1) is 11.2. The summed E-state index contributed by atoms with van der Waals surface area (Å²) in [6.07, 6.45) is 6.98. The Morgan fingerprint density at radius 1 is 1.22 bits per heavy atom. The zero-order valence-corrected chi connectivity index (χ0v) is 12.6. The molecule has 1 aliphatic carbocycles. The summed E-state index contributed by atoms with van der Waals surface area (Å²) in [6.45, 7) is 0.404. The molecule has 2 unspecified atom stereocenters. The van der Waals surface area contributed by atoms with Gasteiger partial charge in [0.1, 0.15) is 5.82 Å². The molecule has 7 heteroatoms. The van der Waals surface area contributed by atoms with Gasteiger partial charge in [-0.25, -0.2) is 0 Å². The molecule has 2 aromatic rings. The largest absolute Gasteiger partial charge is 0.481 e. The molecule has 2 aromatic heterocycles. The van der Waals surface area contributed by atoms with E-state index in [9.17, 15) is 14.7 Å². The molecule has 0 spiro atoms. The molecule has 2 N–H and O–H groups in total. The molecule has 0 fully saturated rings. The van der Waals surface area contributed by atoms with Crippen LogP contribution in [0.2, 0.25) is 0 Å². The predicted molar refractivity (Wildman–Crippen MR) is 82.7 cm³/mol. The van der Waals surface area contributed by atoms with Crippen LogP contribution in [0.4, 0.5) is 0 Å². The minimum Gasteiger partial charge on any atom is -0.481 e. The van der Waals surface area contributed by atoms with Crippen molar-refractivity contribution in [3.05, 3.63) is 42.4 Å². The third-order valence-electron chi connectivity index (χ3n) is 4.12. The number of carboxylic acid groups (broad SMARTS) is 1. The van der Waals surface area contributed by atoms with E-state index in [1.54, 1.807) is 0 Å². The molecule has 0 radical (unpaired) electrons. The molecule has 1 amide bonds. The second-order valence-electron chi connectivity index (χ2n) is 5.58. The van der Waals surface area contributed by atoms with Gasteiger partial charge in [-0.05, 0) is 25.0 Å². The molecule has 3 rings (SSSR count). The Morgan fingerprint density at radius 3 is 2.78 bits per heavy atom. The number of carboxylic acids is 1. The molecule has 120 valence electrons. The van der Waals surface area contributed by atoms with Gasteiger partial charge < -0.3 is 10.4 Å². The minimum absolute atomic E-state index is 0.212. The van der Waals surface area contributed by atoms with Crippen molar-refractivity contribution in [3.63, 3.8) is 0 Å². The van der Waals surface area contributed by atoms with Crippen LogP contribution in [0.25, 0.3) is 5.65 Å². The number of nitrogens with zero attached hydrogens (tertiary/aromatic N) is 3. The fraction of sp³-hybridized carbons (Fsp3) is 0.375. The molecule has 7 nitrogen and oxygen atoms in total. The monoisotopic (exact) mass is 314 g/mol. The maximum Gasteiger partial charge on any atom is 0.307 e. The van der Waals surface area contributed by atoms with Gasteiger partial charge in [0.15, 0.2) is 5.65 Å². The van der Waals surface area contributed by atoms with Gasteiger partial charge in [-0.15, -0.1) is 10.2 Å². The molecule has 2 heterocycles. The summed E-state index contributed by atoms with van der Waals surface area (Å²) in [5.41, 5.74) is 0.761. The molecule has 0 bridgehead atoms. The lowest BCUT2D eigenvalue weighted by Crippen LogP contribution is -2.39. The van der Waals surface area contributed by atoms with Gasteiger partial charge >= 0.3 is 5.97 Å². The number of aromatic nitrogens is 3. The number of aliphatic carboxylic acids is 1. The maximum atomic E-state index is 12.3. The van der Waals surface area contributed by atoms with Crippen molar-refractivity contribution >= 4 is 17.5 Å². The van der Waals surface area contributed by atoms with Crippen molar-refractivity contribution < 1.29 is 14.7 Å². The van der Waals surface area contributed by atoms with E-state index in [0.717, 1.165) is 11.5 Å². The number of carbonyl (C=O) groups is 2. The average Bonchev–Trinajstić information content (AvgIpc) is 2.98. The van der Waals surface area contributed by atoms with Crippen LogP contribution in [0.1, 0.15) is 18.7 Å². The second-order valence-corrected chi connectivity index (χ2v) is 5.58. The van der Waals surface area contributed by atoms with Gasteiger partial charge in [0.25, 0.3) is 0 Å². The standard InChI is InChI=1S/C16H18N4O3/c21-15(11-5-1-2-6-12(11)16(22)23)17-9-8-14-19-18-13-7-3-4-10-20(13)14/h1-4,7,10-12H,5-6,8-9H2,(H,17,21)(H,22,23). The van der Waals surface area contributed by atoms with Gasteiger partial charge in [0.2, 0.25) is 5.91 Å². The first kappa shape index (κ1) is 15.2. The summed E-state index contributed by atoms with van der Waals surface area (Å²) < 4.78 is 1.87. The van der Waals surface area contributed by atoms with Gasteiger partial charge in [-0.1, -0.05) is 18.2 Å². The molecule has 2 atom stereocenters. The number of amides is 1. The highest BCUT2D eigenvalue weighted by Gasteiger charge is 2.33. The van der Waals surface area contributed by atoms with Crippen molar-refractivity contribution in [2.45, 2.75) is 19.3 Å². The lowest BCUT2D eigenvalue weighted by atomic mass is 9.82. The molecule has 0 saturated carbocycles. The van der Waals surface area contributed by atoms with Crippen LogP contribution >= 0.6 is 0 Å². The Labute approximate surface area is 133 Å². The zero-order valence-electron chi connectivity index (χ0n) is 12.6. The zero-order chi connectivity index (χ0) is 16.2. The van der Waals surface area contributed by atoms with E-state index in [0.29, 0.717) is 25.8 Å². The van der Waals surface area contributed by atoms with Gasteiger partial charge in [0, 0.05) is 19.2 Å². The topological polar surface area (TPSA) is 96.6 Å². The van der Waals surface area contributed by atoms with Crippen molar-refractivity contribution in [2.24, 2.45) is 11.8 Å². The summed E-state index contributed by atoms with van der Waals surface area (Å²) >= 11 is 0. The Bertz CT molecular complexity index is 753. The molecular weight excluding hydrogens is 296 g/mol. The Kier molecular flexibility index (Phi) is 4.36. The number of hydrogen-bond acceptors (Lipinski definition) is 4. The molecule has 23 heavy (non-hydrogen) atoms. The normalized spacial score (nSPS) is 20.5. The van der Waals surface area contributed by atoms with Gasteiger partial charge in [-0.3, -0.25) is 14.0 Å². The predicted octanol–water partition coefficient (Wildman–Crippen LogP) is 1.05. The third-order valence-corrected chi connectivity index (χ3v) is 4.12. The van der Waals surface area contributed by atoms with E-state index in [1.807, 2.05) is 40.9 Å². The van der Waals surface area contributed by atoms with Crippen LogP contribution in [-0.2, 0) is 16.0 Å². The Morgan fingerprint density at radius 2 is 2.00 bits per heavy atom. The number of fused-ring (bicyclic) bond motifs is 1. The van der Waals surface area contributed by atoms with E-state index in [1.165, 1.54) is 0 Å². The summed E-state index contributed by atoms with van der Waals surface area (Å²) in [5.74, 6) is -1.52. The van der Waals surface area contributed by atoms with Crippen molar-refractivity contribution in [3.8, 4) is 0 Å². The minimum atomic E-state index is -0.919. The SMILES string of the molecule is O=C(O)C1CC=CCC1C(=O)NCCc1nnc2ccccn12. The maximum absolute atomic E-state index is 12.3. The summed E-state index contributed by atoms with van der Waals surface area (Å²) in [4.78, 5) is 23.5. The highest BCUT2D eigenvalue weighted by molar-refractivity contribution is 5.85. The van der Waals surface area contributed by atoms with Crippen LogP contribution in [0.5, 0.6) is 0 Å². The number of rotatable bonds is 5. The van der Waals surface area contributed by atoms with Gasteiger partial charge in [-0.2, -0.15) is 0 Å². The van der Waals surface area contributed by atoms with E-state index < -0.39 is 17.8 Å². The quantitative estimate of drug-likeness (QED) is 0.804. The van der Waals surface area contributed by atoms with Crippen molar-refractivity contribution in [1.29, 1.82) is 0 Å².